The van der Waals surface area contributed by atoms with Crippen LogP contribution in [-0.2, 0) is 0 Å². The van der Waals surface area contributed by atoms with E-state index in [9.17, 15) is 4.79 Å². The lowest BCUT2D eigenvalue weighted by atomic mass is 10.0. The molecule has 5 rings (SSSR count). The van der Waals surface area contributed by atoms with Crippen molar-refractivity contribution in [2.24, 2.45) is 11.8 Å². The van der Waals surface area contributed by atoms with Crippen molar-refractivity contribution in [3.8, 4) is 0 Å². The highest BCUT2D eigenvalue weighted by Gasteiger charge is 2.42. The number of carbonyl (C=O) groups is 1. The minimum absolute atomic E-state index is 0.00624. The van der Waals surface area contributed by atoms with Crippen molar-refractivity contribution >= 4 is 29.1 Å². The Morgan fingerprint density at radius 1 is 0.862 bits per heavy atom. The van der Waals surface area contributed by atoms with Crippen LogP contribution in [0.5, 0.6) is 0 Å². The second-order valence-corrected chi connectivity index (χ2v) is 8.73. The Morgan fingerprint density at radius 3 is 2.21 bits per heavy atom. The highest BCUT2D eigenvalue weighted by atomic mass is 35.5. The highest BCUT2D eigenvalue weighted by Crippen LogP contribution is 2.34. The molecule has 1 amide bonds. The number of halogens is 1. The number of fused-ring (bicyclic) bond motifs is 1. The Labute approximate surface area is 175 Å². The molecule has 3 aliphatic rings. The first-order chi connectivity index (χ1) is 14.2. The summed E-state index contributed by atoms with van der Waals surface area (Å²) in [5.41, 5.74) is 0.446. The third kappa shape index (κ3) is 3.75. The molecule has 2 aromatic heterocycles. The van der Waals surface area contributed by atoms with E-state index in [1.54, 1.807) is 6.20 Å². The van der Waals surface area contributed by atoms with Crippen molar-refractivity contribution in [3.63, 3.8) is 0 Å². The normalized spacial score (nSPS) is 24.1. The van der Waals surface area contributed by atoms with Gasteiger partial charge < -0.3 is 14.7 Å². The van der Waals surface area contributed by atoms with E-state index in [0.29, 0.717) is 22.6 Å². The van der Waals surface area contributed by atoms with E-state index in [2.05, 4.69) is 25.0 Å². The predicted octanol–water partition coefficient (Wildman–Crippen LogP) is 2.72. The summed E-state index contributed by atoms with van der Waals surface area (Å²) in [6.45, 7) is 5.42. The fraction of sp³-hybridized carbons (Fsp3) is 0.524. The molecule has 2 atom stereocenters. The van der Waals surface area contributed by atoms with Crippen molar-refractivity contribution < 1.29 is 4.79 Å². The van der Waals surface area contributed by atoms with Gasteiger partial charge in [0, 0.05) is 57.3 Å². The molecule has 0 aromatic carbocycles. The van der Waals surface area contributed by atoms with E-state index in [4.69, 9.17) is 11.6 Å². The zero-order valence-electron chi connectivity index (χ0n) is 16.4. The maximum absolute atomic E-state index is 12.9. The van der Waals surface area contributed by atoms with Crippen LogP contribution in [0, 0.1) is 11.8 Å². The topological polar surface area (TPSA) is 65.5 Å². The molecule has 7 nitrogen and oxygen atoms in total. The molecule has 3 saturated heterocycles. The molecule has 3 aliphatic heterocycles. The minimum Gasteiger partial charge on any atom is -0.356 e. The van der Waals surface area contributed by atoms with Crippen LogP contribution in [-0.4, -0.2) is 65.3 Å². The third-order valence-electron chi connectivity index (χ3n) is 6.36. The molecule has 8 heteroatoms. The molecule has 0 saturated carbocycles. The lowest BCUT2D eigenvalue weighted by Gasteiger charge is -2.27. The summed E-state index contributed by atoms with van der Waals surface area (Å²) in [5, 5.41) is 9.22. The number of nitrogens with zero attached hydrogens (tertiary/aromatic N) is 6. The molecular formula is C21H25ClN6O. The lowest BCUT2D eigenvalue weighted by Crippen LogP contribution is -2.34. The second-order valence-electron chi connectivity index (χ2n) is 8.29. The molecule has 0 bridgehead atoms. The van der Waals surface area contributed by atoms with Gasteiger partial charge in [0.05, 0.1) is 5.02 Å². The van der Waals surface area contributed by atoms with Crippen molar-refractivity contribution in [3.05, 3.63) is 41.2 Å². The zero-order valence-corrected chi connectivity index (χ0v) is 17.1. The minimum atomic E-state index is -0.00624. The number of amides is 1. The van der Waals surface area contributed by atoms with Gasteiger partial charge in [0.1, 0.15) is 5.82 Å². The Balaban J connectivity index is 1.20. The monoisotopic (exact) mass is 412 g/mol. The summed E-state index contributed by atoms with van der Waals surface area (Å²) < 4.78 is 0. The van der Waals surface area contributed by atoms with Crippen LogP contribution in [0.25, 0.3) is 0 Å². The summed E-state index contributed by atoms with van der Waals surface area (Å²) in [4.78, 5) is 23.8. The van der Waals surface area contributed by atoms with E-state index in [1.807, 2.05) is 29.2 Å². The standard InChI is InChI=1S/C21H25ClN6O/c22-17-4-6-19(23-10-17)27-11-15-13-28(14-16(15)12-27)21(29)18-5-7-20(25-24-18)26-8-2-1-3-9-26/h4-7,10,15-16H,1-3,8-9,11-14H2. The quantitative estimate of drug-likeness (QED) is 0.772. The van der Waals surface area contributed by atoms with Gasteiger partial charge in [-0.25, -0.2) is 4.98 Å². The molecule has 29 heavy (non-hydrogen) atoms. The Morgan fingerprint density at radius 2 is 1.59 bits per heavy atom. The number of aromatic nitrogens is 3. The lowest BCUT2D eigenvalue weighted by molar-refractivity contribution is 0.0775. The average molecular weight is 413 g/mol. The van der Waals surface area contributed by atoms with Gasteiger partial charge in [-0.2, -0.15) is 0 Å². The summed E-state index contributed by atoms with van der Waals surface area (Å²) in [6.07, 6.45) is 5.36. The van der Waals surface area contributed by atoms with E-state index in [-0.39, 0.29) is 5.91 Å². The first kappa shape index (κ1) is 18.6. The van der Waals surface area contributed by atoms with Gasteiger partial charge in [0.25, 0.3) is 5.91 Å². The highest BCUT2D eigenvalue weighted by molar-refractivity contribution is 6.30. The molecule has 152 valence electrons. The van der Waals surface area contributed by atoms with Crippen molar-refractivity contribution in [1.29, 1.82) is 0 Å². The van der Waals surface area contributed by atoms with Crippen LogP contribution in [0.1, 0.15) is 29.8 Å². The third-order valence-corrected chi connectivity index (χ3v) is 6.58. The molecular weight excluding hydrogens is 388 g/mol. The SMILES string of the molecule is O=C(c1ccc(N2CCCCC2)nn1)N1CC2CN(c3ccc(Cl)cn3)CC2C1. The second kappa shape index (κ2) is 7.78. The summed E-state index contributed by atoms with van der Waals surface area (Å²) >= 11 is 5.94. The van der Waals surface area contributed by atoms with Crippen LogP contribution in [0.3, 0.4) is 0 Å². The molecule has 0 spiro atoms. The summed E-state index contributed by atoms with van der Waals surface area (Å²) in [5.74, 6) is 2.77. The van der Waals surface area contributed by atoms with Gasteiger partial charge in [0.2, 0.25) is 0 Å². The van der Waals surface area contributed by atoms with Gasteiger partial charge in [0.15, 0.2) is 11.5 Å². The van der Waals surface area contributed by atoms with Gasteiger partial charge in [-0.05, 0) is 43.5 Å². The molecule has 3 fully saturated rings. The molecule has 2 unspecified atom stereocenters. The Hall–Kier alpha value is -2.41. The van der Waals surface area contributed by atoms with Gasteiger partial charge in [-0.1, -0.05) is 11.6 Å². The van der Waals surface area contributed by atoms with Crippen LogP contribution in [0.2, 0.25) is 5.02 Å². The number of anilines is 2. The number of pyridine rings is 1. The summed E-state index contributed by atoms with van der Waals surface area (Å²) in [6, 6.07) is 7.61. The van der Waals surface area contributed by atoms with E-state index >= 15 is 0 Å². The number of hydrogen-bond acceptors (Lipinski definition) is 6. The van der Waals surface area contributed by atoms with E-state index in [0.717, 1.165) is 50.9 Å². The van der Waals surface area contributed by atoms with Gasteiger partial charge in [-0.3, -0.25) is 4.79 Å². The number of rotatable bonds is 3. The van der Waals surface area contributed by atoms with Crippen molar-refractivity contribution in [1.82, 2.24) is 20.1 Å². The number of likely N-dealkylation sites (tertiary alicyclic amines) is 1. The van der Waals surface area contributed by atoms with Crippen molar-refractivity contribution in [2.75, 3.05) is 49.1 Å². The van der Waals surface area contributed by atoms with Gasteiger partial charge in [-0.15, -0.1) is 10.2 Å². The predicted molar refractivity (Wildman–Crippen MR) is 112 cm³/mol. The Bertz CT molecular complexity index is 854. The maximum atomic E-state index is 12.9. The van der Waals surface area contributed by atoms with Crippen LogP contribution >= 0.6 is 11.6 Å². The van der Waals surface area contributed by atoms with Crippen LogP contribution < -0.4 is 9.80 Å². The van der Waals surface area contributed by atoms with Gasteiger partial charge >= 0.3 is 0 Å². The molecule has 0 aliphatic carbocycles. The summed E-state index contributed by atoms with van der Waals surface area (Å²) in [7, 11) is 0. The number of carbonyl (C=O) groups excluding carboxylic acids is 1. The smallest absolute Gasteiger partial charge is 0.274 e. The zero-order chi connectivity index (χ0) is 19.8. The van der Waals surface area contributed by atoms with Crippen molar-refractivity contribution in [2.45, 2.75) is 19.3 Å². The number of hydrogen-bond donors (Lipinski definition) is 0. The largest absolute Gasteiger partial charge is 0.356 e. The molecule has 0 N–H and O–H groups in total. The first-order valence-corrected chi connectivity index (χ1v) is 10.8. The Kier molecular flexibility index (Phi) is 4.99. The maximum Gasteiger partial charge on any atom is 0.274 e. The fourth-order valence-corrected chi connectivity index (χ4v) is 4.91. The van der Waals surface area contributed by atoms with E-state index < -0.39 is 0 Å². The first-order valence-electron chi connectivity index (χ1n) is 10.4. The van der Waals surface area contributed by atoms with Crippen LogP contribution in [0.4, 0.5) is 11.6 Å². The van der Waals surface area contributed by atoms with E-state index in [1.165, 1.54) is 19.3 Å². The fourth-order valence-electron chi connectivity index (χ4n) is 4.79. The molecule has 5 heterocycles. The molecule has 0 radical (unpaired) electrons. The number of piperidine rings is 1. The average Bonchev–Trinajstić information content (AvgIpc) is 3.34. The molecule has 2 aromatic rings. The van der Waals surface area contributed by atoms with Crippen LogP contribution in [0.15, 0.2) is 30.5 Å².